The summed E-state index contributed by atoms with van der Waals surface area (Å²) in [6.45, 7) is 0. The molecule has 0 fully saturated rings. The van der Waals surface area contributed by atoms with Crippen LogP contribution < -0.4 is 0 Å². The summed E-state index contributed by atoms with van der Waals surface area (Å²) in [5.41, 5.74) is 1.53. The molecule has 21 heavy (non-hydrogen) atoms. The summed E-state index contributed by atoms with van der Waals surface area (Å²) < 4.78 is 12.4. The van der Waals surface area contributed by atoms with E-state index in [4.69, 9.17) is 28.3 Å². The molecule has 0 radical (unpaired) electrons. The lowest BCUT2D eigenvalue weighted by molar-refractivity contribution is -0.136. The molecule has 0 aliphatic heterocycles. The van der Waals surface area contributed by atoms with Crippen LogP contribution in [0.2, 0.25) is 10.0 Å². The highest BCUT2D eigenvalue weighted by atomic mass is 35.5. The van der Waals surface area contributed by atoms with E-state index in [0.29, 0.717) is 20.5 Å². The van der Waals surface area contributed by atoms with Crippen molar-refractivity contribution in [2.75, 3.05) is 0 Å². The van der Waals surface area contributed by atoms with E-state index in [1.54, 1.807) is 42.5 Å². The normalized spacial score (nSPS) is 12.1. The molecule has 0 aliphatic carbocycles. The number of carboxylic acid groups (broad SMARTS) is 1. The molecule has 0 spiro atoms. The fraction of sp³-hybridized carbons (Fsp3) is 0.133. The Labute approximate surface area is 135 Å². The van der Waals surface area contributed by atoms with E-state index in [0.717, 1.165) is 5.56 Å². The second kappa shape index (κ2) is 7.07. The van der Waals surface area contributed by atoms with Gasteiger partial charge in [-0.15, -0.1) is 0 Å². The second-order valence-corrected chi connectivity index (χ2v) is 6.63. The Morgan fingerprint density at radius 3 is 2.05 bits per heavy atom. The molecule has 2 rings (SSSR count). The van der Waals surface area contributed by atoms with E-state index in [-0.39, 0.29) is 12.2 Å². The molecule has 2 aromatic carbocycles. The smallest absolute Gasteiger partial charge is 0.307 e. The summed E-state index contributed by atoms with van der Waals surface area (Å²) in [6, 6.07) is 12.0. The van der Waals surface area contributed by atoms with Crippen molar-refractivity contribution in [3.63, 3.8) is 0 Å². The van der Waals surface area contributed by atoms with Crippen molar-refractivity contribution in [3.8, 4) is 0 Å². The predicted octanol–water partition coefficient (Wildman–Crippen LogP) is 3.93. The Morgan fingerprint density at radius 2 is 1.52 bits per heavy atom. The van der Waals surface area contributed by atoms with Crippen molar-refractivity contribution in [2.45, 2.75) is 17.1 Å². The average Bonchev–Trinajstić information content (AvgIpc) is 2.40. The molecule has 1 atom stereocenters. The molecule has 0 saturated carbocycles. The predicted molar refractivity (Wildman–Crippen MR) is 84.4 cm³/mol. The third-order valence-corrected chi connectivity index (χ3v) is 5.17. The first kappa shape index (κ1) is 16.0. The van der Waals surface area contributed by atoms with Crippen molar-refractivity contribution in [2.24, 2.45) is 0 Å². The molecule has 0 saturated heterocycles. The van der Waals surface area contributed by atoms with Gasteiger partial charge in [0, 0.05) is 0 Å². The van der Waals surface area contributed by atoms with E-state index in [1.807, 2.05) is 0 Å². The van der Waals surface area contributed by atoms with Gasteiger partial charge in [0.2, 0.25) is 0 Å². The van der Waals surface area contributed by atoms with Gasteiger partial charge in [-0.05, 0) is 23.3 Å². The van der Waals surface area contributed by atoms with Gasteiger partial charge in [0.25, 0.3) is 0 Å². The molecule has 0 aliphatic rings. The SMILES string of the molecule is O=C(O)Cc1ccc(CS(=O)c2c(Cl)cccc2Cl)cc1. The summed E-state index contributed by atoms with van der Waals surface area (Å²) in [5, 5.41) is 9.47. The van der Waals surface area contributed by atoms with Crippen molar-refractivity contribution < 1.29 is 14.1 Å². The van der Waals surface area contributed by atoms with Crippen LogP contribution in [0.25, 0.3) is 0 Å². The number of aliphatic carboxylic acids is 1. The highest BCUT2D eigenvalue weighted by Gasteiger charge is 2.13. The Hall–Kier alpha value is -1.36. The molecule has 0 aromatic heterocycles. The lowest BCUT2D eigenvalue weighted by atomic mass is 10.1. The maximum Gasteiger partial charge on any atom is 0.307 e. The Kier molecular flexibility index (Phi) is 5.39. The van der Waals surface area contributed by atoms with Crippen molar-refractivity contribution in [1.82, 2.24) is 0 Å². The number of carbonyl (C=O) groups is 1. The van der Waals surface area contributed by atoms with Gasteiger partial charge in [-0.3, -0.25) is 9.00 Å². The maximum absolute atomic E-state index is 12.4. The highest BCUT2D eigenvalue weighted by Crippen LogP contribution is 2.29. The number of halogens is 2. The number of carboxylic acids is 1. The Bertz CT molecular complexity index is 664. The quantitative estimate of drug-likeness (QED) is 0.895. The van der Waals surface area contributed by atoms with Crippen LogP contribution in [0.4, 0.5) is 0 Å². The zero-order valence-corrected chi connectivity index (χ0v) is 13.2. The van der Waals surface area contributed by atoms with E-state index in [9.17, 15) is 9.00 Å². The van der Waals surface area contributed by atoms with Crippen LogP contribution in [0.3, 0.4) is 0 Å². The average molecular weight is 343 g/mol. The van der Waals surface area contributed by atoms with Crippen molar-refractivity contribution in [1.29, 1.82) is 0 Å². The Balaban J connectivity index is 2.14. The first-order valence-corrected chi connectivity index (χ1v) is 8.17. The zero-order chi connectivity index (χ0) is 15.4. The molecule has 1 unspecified atom stereocenters. The molecule has 1 N–H and O–H groups in total. The van der Waals surface area contributed by atoms with Gasteiger partial charge in [0.1, 0.15) is 0 Å². The Morgan fingerprint density at radius 1 is 1.00 bits per heavy atom. The summed E-state index contributed by atoms with van der Waals surface area (Å²) >= 11 is 12.1. The third kappa shape index (κ3) is 4.30. The van der Waals surface area contributed by atoms with Gasteiger partial charge in [-0.1, -0.05) is 53.5 Å². The fourth-order valence-electron chi connectivity index (χ4n) is 1.85. The van der Waals surface area contributed by atoms with Crippen LogP contribution in [0.5, 0.6) is 0 Å². The van der Waals surface area contributed by atoms with Gasteiger partial charge in [0.05, 0.1) is 37.9 Å². The third-order valence-electron chi connectivity index (χ3n) is 2.82. The lowest BCUT2D eigenvalue weighted by Gasteiger charge is -2.07. The van der Waals surface area contributed by atoms with Gasteiger partial charge in [0.15, 0.2) is 0 Å². The van der Waals surface area contributed by atoms with E-state index >= 15 is 0 Å². The largest absolute Gasteiger partial charge is 0.481 e. The summed E-state index contributed by atoms with van der Waals surface area (Å²) in [7, 11) is -1.36. The summed E-state index contributed by atoms with van der Waals surface area (Å²) in [4.78, 5) is 11.0. The van der Waals surface area contributed by atoms with Crippen LogP contribution in [0.1, 0.15) is 11.1 Å². The van der Waals surface area contributed by atoms with Crippen LogP contribution in [0.15, 0.2) is 47.4 Å². The molecular weight excluding hydrogens is 331 g/mol. The number of benzene rings is 2. The van der Waals surface area contributed by atoms with Gasteiger partial charge >= 0.3 is 5.97 Å². The van der Waals surface area contributed by atoms with Gasteiger partial charge < -0.3 is 5.11 Å². The topological polar surface area (TPSA) is 54.4 Å². The second-order valence-electron chi connectivity index (χ2n) is 4.43. The van der Waals surface area contributed by atoms with Crippen molar-refractivity contribution in [3.05, 3.63) is 63.6 Å². The molecule has 0 heterocycles. The zero-order valence-electron chi connectivity index (χ0n) is 10.9. The minimum atomic E-state index is -1.36. The molecule has 0 bridgehead atoms. The van der Waals surface area contributed by atoms with E-state index in [2.05, 4.69) is 0 Å². The number of hydrogen-bond donors (Lipinski definition) is 1. The van der Waals surface area contributed by atoms with Crippen LogP contribution >= 0.6 is 23.2 Å². The van der Waals surface area contributed by atoms with Crippen LogP contribution in [-0.2, 0) is 27.8 Å². The van der Waals surface area contributed by atoms with E-state index < -0.39 is 16.8 Å². The van der Waals surface area contributed by atoms with Crippen LogP contribution in [0, 0.1) is 0 Å². The monoisotopic (exact) mass is 342 g/mol. The first-order valence-electron chi connectivity index (χ1n) is 6.09. The highest BCUT2D eigenvalue weighted by molar-refractivity contribution is 7.84. The molecule has 6 heteroatoms. The van der Waals surface area contributed by atoms with Crippen molar-refractivity contribution >= 4 is 40.0 Å². The standard InChI is InChI=1S/C15H12Cl2O3S/c16-12-2-1-3-13(17)15(12)21(20)9-11-6-4-10(5-7-11)8-14(18)19/h1-7H,8-9H2,(H,18,19). The van der Waals surface area contributed by atoms with E-state index in [1.165, 1.54) is 0 Å². The number of rotatable bonds is 5. The summed E-state index contributed by atoms with van der Waals surface area (Å²) in [5.74, 6) is -0.606. The van der Waals surface area contributed by atoms with Crippen LogP contribution in [-0.4, -0.2) is 15.3 Å². The fourth-order valence-corrected chi connectivity index (χ4v) is 3.98. The molecular formula is C15H12Cl2O3S. The van der Waals surface area contributed by atoms with Gasteiger partial charge in [-0.2, -0.15) is 0 Å². The first-order chi connectivity index (χ1) is 9.97. The molecule has 2 aromatic rings. The lowest BCUT2D eigenvalue weighted by Crippen LogP contribution is -2.01. The molecule has 0 amide bonds. The summed E-state index contributed by atoms with van der Waals surface area (Å²) in [6.07, 6.45) is -0.0281. The molecule has 3 nitrogen and oxygen atoms in total. The minimum Gasteiger partial charge on any atom is -0.481 e. The molecule has 110 valence electrons. The number of hydrogen-bond acceptors (Lipinski definition) is 2. The van der Waals surface area contributed by atoms with Gasteiger partial charge in [-0.25, -0.2) is 0 Å². The minimum absolute atomic E-state index is 0.0281. The maximum atomic E-state index is 12.4.